The second-order valence-corrected chi connectivity index (χ2v) is 15.1. The molecule has 0 aliphatic heterocycles. The maximum absolute atomic E-state index is 12.4. The molecule has 0 aromatic heterocycles. The molecule has 0 radical (unpaired) electrons. The Morgan fingerprint density at radius 2 is 1.15 bits per heavy atom. The summed E-state index contributed by atoms with van der Waals surface area (Å²) in [5.74, 6) is -1.23. The Bertz CT molecular complexity index is 1170. The molecule has 316 valence electrons. The van der Waals surface area contributed by atoms with E-state index >= 15 is 0 Å². The zero-order valence-corrected chi connectivity index (χ0v) is 34.5. The molecular weight excluding hydrogens is 723 g/mol. The van der Waals surface area contributed by atoms with E-state index in [4.69, 9.17) is 19.3 Å². The minimum absolute atomic E-state index is 0.0863. The summed E-state index contributed by atoms with van der Waals surface area (Å²) >= 11 is 0. The molecule has 5 N–H and O–H groups in total. The van der Waals surface area contributed by atoms with Crippen LogP contribution in [0.1, 0.15) is 149 Å². The summed E-state index contributed by atoms with van der Waals surface area (Å²) < 4.78 is 26.2. The van der Waals surface area contributed by atoms with Crippen molar-refractivity contribution in [3.8, 4) is 0 Å². The number of carbonyl (C=O) groups excluding carboxylic acids is 2. The molecule has 0 aliphatic carbocycles. The van der Waals surface area contributed by atoms with Crippen LogP contribution in [-0.4, -0.2) is 74.7 Å². The van der Waals surface area contributed by atoms with Crippen molar-refractivity contribution in [1.82, 2.24) is 0 Å². The first-order chi connectivity index (χ1) is 26.5. The fourth-order valence-corrected chi connectivity index (χ4v) is 5.68. The van der Waals surface area contributed by atoms with E-state index in [1.165, 1.54) is 44.6 Å². The topological polar surface area (TPSA) is 180 Å². The number of hydrogen-bond acceptors (Lipinski definition) is 9. The normalized spacial score (nSPS) is 15.0. The average Bonchev–Trinajstić information content (AvgIpc) is 3.14. The number of phosphoric ester groups is 1. The number of aliphatic hydroxyl groups is 3. The summed E-state index contributed by atoms with van der Waals surface area (Å²) in [6.45, 7) is 3.25. The van der Waals surface area contributed by atoms with Gasteiger partial charge in [0.1, 0.15) is 6.61 Å². The van der Waals surface area contributed by atoms with E-state index in [1.807, 2.05) is 0 Å². The van der Waals surface area contributed by atoms with Crippen LogP contribution in [-0.2, 0) is 28.2 Å². The molecule has 0 aliphatic rings. The molecule has 0 heterocycles. The number of rotatable bonds is 36. The molecular formula is C43H73O11P. The molecule has 0 rings (SSSR count). The molecule has 0 aromatic rings. The van der Waals surface area contributed by atoms with Crippen molar-refractivity contribution in [3.05, 3.63) is 72.9 Å². The minimum atomic E-state index is -4.86. The monoisotopic (exact) mass is 796 g/mol. The third-order valence-electron chi connectivity index (χ3n) is 8.56. The van der Waals surface area contributed by atoms with Crippen LogP contribution >= 0.6 is 7.82 Å². The second-order valence-electron chi connectivity index (χ2n) is 13.8. The Morgan fingerprint density at radius 3 is 1.78 bits per heavy atom. The van der Waals surface area contributed by atoms with Gasteiger partial charge in [0.05, 0.1) is 24.9 Å². The van der Waals surface area contributed by atoms with Crippen molar-refractivity contribution in [2.75, 3.05) is 13.2 Å². The van der Waals surface area contributed by atoms with Crippen molar-refractivity contribution in [1.29, 1.82) is 0 Å². The van der Waals surface area contributed by atoms with E-state index < -0.39 is 57.4 Å². The largest absolute Gasteiger partial charge is 0.469 e. The molecule has 12 heteroatoms. The molecule has 4 atom stereocenters. The summed E-state index contributed by atoms with van der Waals surface area (Å²) in [4.78, 5) is 42.9. The lowest BCUT2D eigenvalue weighted by Gasteiger charge is -2.19. The van der Waals surface area contributed by atoms with Crippen LogP contribution in [0.4, 0.5) is 0 Å². The van der Waals surface area contributed by atoms with Crippen molar-refractivity contribution < 1.29 is 53.3 Å². The molecule has 0 amide bonds. The van der Waals surface area contributed by atoms with Gasteiger partial charge in [0.15, 0.2) is 6.10 Å². The summed E-state index contributed by atoms with van der Waals surface area (Å²) in [6, 6.07) is 0. The van der Waals surface area contributed by atoms with E-state index in [0.29, 0.717) is 6.42 Å². The van der Waals surface area contributed by atoms with Crippen LogP contribution in [0.2, 0.25) is 0 Å². The van der Waals surface area contributed by atoms with Gasteiger partial charge in [-0.05, 0) is 57.8 Å². The number of ether oxygens (including phenoxy) is 2. The van der Waals surface area contributed by atoms with Gasteiger partial charge in [0.25, 0.3) is 0 Å². The highest BCUT2D eigenvalue weighted by Gasteiger charge is 2.23. The predicted octanol–water partition coefficient (Wildman–Crippen LogP) is 9.20. The predicted molar refractivity (Wildman–Crippen MR) is 220 cm³/mol. The highest BCUT2D eigenvalue weighted by Crippen LogP contribution is 2.36. The molecule has 0 bridgehead atoms. The number of phosphoric acid groups is 1. The molecule has 0 aromatic carbocycles. The summed E-state index contributed by atoms with van der Waals surface area (Å²) in [5.41, 5.74) is 0. The second kappa shape index (κ2) is 37.0. The highest BCUT2D eigenvalue weighted by atomic mass is 31.2. The molecule has 0 spiro atoms. The maximum Gasteiger partial charge on any atom is 0.469 e. The first-order valence-corrected chi connectivity index (χ1v) is 22.1. The van der Waals surface area contributed by atoms with Crippen LogP contribution < -0.4 is 0 Å². The van der Waals surface area contributed by atoms with Crippen LogP contribution in [0.15, 0.2) is 72.9 Å². The van der Waals surface area contributed by atoms with E-state index in [0.717, 1.165) is 64.2 Å². The lowest BCUT2D eigenvalue weighted by molar-refractivity contribution is -0.161. The number of unbranched alkanes of at least 4 members (excludes halogenated alkanes) is 12. The van der Waals surface area contributed by atoms with Crippen molar-refractivity contribution in [3.63, 3.8) is 0 Å². The van der Waals surface area contributed by atoms with E-state index in [-0.39, 0.29) is 25.7 Å². The first-order valence-electron chi connectivity index (χ1n) is 20.6. The summed E-state index contributed by atoms with van der Waals surface area (Å²) in [7, 11) is -4.86. The first kappa shape index (κ1) is 52.4. The molecule has 55 heavy (non-hydrogen) atoms. The molecule has 0 fully saturated rings. The number of allylic oxidation sites excluding steroid dienone is 10. The lowest BCUT2D eigenvalue weighted by Crippen LogP contribution is -2.29. The lowest BCUT2D eigenvalue weighted by atomic mass is 10.1. The van der Waals surface area contributed by atoms with Gasteiger partial charge in [-0.1, -0.05) is 151 Å². The van der Waals surface area contributed by atoms with E-state index in [1.54, 1.807) is 42.5 Å². The van der Waals surface area contributed by atoms with Crippen LogP contribution in [0.3, 0.4) is 0 Å². The van der Waals surface area contributed by atoms with Gasteiger partial charge < -0.3 is 34.6 Å². The Morgan fingerprint density at radius 1 is 0.600 bits per heavy atom. The molecule has 0 saturated carbocycles. The molecule has 0 saturated heterocycles. The third kappa shape index (κ3) is 38.0. The Kier molecular flexibility index (Phi) is 35.2. The number of esters is 2. The SMILES string of the molecule is CCCCC/C=C\C/C=C\CCCCCCCCCC(=O)OC[C@H](COP(=O)(O)O)OC(=O)CCC[C@H](O)[C@@H](O)/C=C/C=C/C=C\C=C\[C@@H](O)CCCCC. The minimum Gasteiger partial charge on any atom is -0.462 e. The molecule has 11 nitrogen and oxygen atoms in total. The van der Waals surface area contributed by atoms with Gasteiger partial charge in [-0.15, -0.1) is 0 Å². The average molecular weight is 797 g/mol. The summed E-state index contributed by atoms with van der Waals surface area (Å²) in [6.07, 6.45) is 37.0. The van der Waals surface area contributed by atoms with Crippen LogP contribution in [0.25, 0.3) is 0 Å². The zero-order chi connectivity index (χ0) is 40.8. The Balaban J connectivity index is 4.30. The third-order valence-corrected chi connectivity index (χ3v) is 9.05. The Labute approximate surface area is 331 Å². The van der Waals surface area contributed by atoms with Gasteiger partial charge in [-0.25, -0.2) is 4.57 Å². The van der Waals surface area contributed by atoms with Gasteiger partial charge in [0, 0.05) is 12.8 Å². The van der Waals surface area contributed by atoms with Gasteiger partial charge >= 0.3 is 19.8 Å². The zero-order valence-electron chi connectivity index (χ0n) is 33.6. The van der Waals surface area contributed by atoms with Crippen molar-refractivity contribution in [2.24, 2.45) is 0 Å². The van der Waals surface area contributed by atoms with Crippen LogP contribution in [0.5, 0.6) is 0 Å². The molecule has 0 unspecified atom stereocenters. The van der Waals surface area contributed by atoms with Crippen molar-refractivity contribution in [2.45, 2.75) is 173 Å². The van der Waals surface area contributed by atoms with Crippen LogP contribution in [0, 0.1) is 0 Å². The van der Waals surface area contributed by atoms with Gasteiger partial charge in [-0.2, -0.15) is 0 Å². The smallest absolute Gasteiger partial charge is 0.462 e. The fourth-order valence-electron chi connectivity index (χ4n) is 5.31. The maximum atomic E-state index is 12.4. The highest BCUT2D eigenvalue weighted by molar-refractivity contribution is 7.46. The standard InChI is InChI=1S/C43H73O11P/c1-3-5-7-8-9-10-11-12-13-14-15-16-17-18-19-24-28-34-42(47)52-36-39(37-53-55(49,50)51)54-43(48)35-29-33-41(46)40(45)32-27-23-21-20-22-26-31-38(44)30-25-6-4-2/h9-10,12-13,20-23,26-27,31-32,38-41,44-46H,3-8,11,14-19,24-25,28-30,33-37H2,1-2H3,(H2,49,50,51)/b10-9-,13-12-,22-20-,23-21+,31-26+,32-27+/t38-,39+,40-,41-/m0/s1. The Hall–Kier alpha value is -2.63. The number of carbonyl (C=O) groups is 2. The fraction of sp³-hybridized carbons (Fsp3) is 0.674. The number of hydrogen-bond donors (Lipinski definition) is 5. The van der Waals surface area contributed by atoms with Crippen molar-refractivity contribution >= 4 is 19.8 Å². The van der Waals surface area contributed by atoms with Gasteiger partial charge in [0.2, 0.25) is 0 Å². The summed E-state index contributed by atoms with van der Waals surface area (Å²) in [5, 5.41) is 30.3. The number of aliphatic hydroxyl groups excluding tert-OH is 3. The quantitative estimate of drug-likeness (QED) is 0.0134. The van der Waals surface area contributed by atoms with Gasteiger partial charge in [-0.3, -0.25) is 14.1 Å². The van der Waals surface area contributed by atoms with E-state index in [2.05, 4.69) is 42.7 Å². The van der Waals surface area contributed by atoms with E-state index in [9.17, 15) is 29.5 Å².